The third-order valence-corrected chi connectivity index (χ3v) is 4.68. The minimum Gasteiger partial charge on any atom is -0.467 e. The molecule has 1 atom stereocenters. The summed E-state index contributed by atoms with van der Waals surface area (Å²) in [5.41, 5.74) is 0.0176. The highest BCUT2D eigenvalue weighted by atomic mass is 32.1. The minimum atomic E-state index is -0.237. The molecule has 2 N–H and O–H groups in total. The zero-order valence-corrected chi connectivity index (χ0v) is 13.5. The van der Waals surface area contributed by atoms with Crippen LogP contribution in [-0.4, -0.2) is 18.5 Å². The van der Waals surface area contributed by atoms with E-state index in [-0.39, 0.29) is 17.4 Å². The van der Waals surface area contributed by atoms with Crippen molar-refractivity contribution in [1.29, 1.82) is 0 Å². The number of thiophene rings is 1. The average molecular weight is 306 g/mol. The van der Waals surface area contributed by atoms with Gasteiger partial charge in [0.1, 0.15) is 5.76 Å². The molecule has 2 heterocycles. The second-order valence-corrected chi connectivity index (χ2v) is 6.71. The number of rotatable bonds is 7. The Hall–Kier alpha value is -1.59. The molecule has 0 spiro atoms. The largest absolute Gasteiger partial charge is 0.467 e. The standard InChI is InChI=1S/C16H22N2O2S/c1-12(15(19)17-10-13-6-4-8-20-13)18-11-16(2,3)14-7-5-9-21-14/h4-9,12,18H,10-11H2,1-3H3,(H,17,19). The van der Waals surface area contributed by atoms with Crippen molar-refractivity contribution in [2.75, 3.05) is 6.54 Å². The summed E-state index contributed by atoms with van der Waals surface area (Å²) in [5, 5.41) is 8.25. The van der Waals surface area contributed by atoms with Crippen LogP contribution < -0.4 is 10.6 Å². The maximum Gasteiger partial charge on any atom is 0.237 e. The Kier molecular flexibility index (Phi) is 5.20. The minimum absolute atomic E-state index is 0.0176. The first-order valence-corrected chi connectivity index (χ1v) is 7.94. The molecule has 5 heteroatoms. The average Bonchev–Trinajstić information content (AvgIpc) is 3.14. The number of furan rings is 1. The van der Waals surface area contributed by atoms with Crippen LogP contribution in [0, 0.1) is 0 Å². The van der Waals surface area contributed by atoms with E-state index in [0.717, 1.165) is 12.3 Å². The van der Waals surface area contributed by atoms with Crippen molar-refractivity contribution in [3.05, 3.63) is 46.5 Å². The number of amides is 1. The summed E-state index contributed by atoms with van der Waals surface area (Å²) in [6, 6.07) is 7.61. The molecule has 2 aromatic rings. The van der Waals surface area contributed by atoms with E-state index in [0.29, 0.717) is 6.54 Å². The number of carbonyl (C=O) groups excluding carboxylic acids is 1. The quantitative estimate of drug-likeness (QED) is 0.827. The number of carbonyl (C=O) groups is 1. The van der Waals surface area contributed by atoms with Gasteiger partial charge in [0, 0.05) is 16.8 Å². The van der Waals surface area contributed by atoms with Gasteiger partial charge in [0.2, 0.25) is 5.91 Å². The summed E-state index contributed by atoms with van der Waals surface area (Å²) in [5.74, 6) is 0.739. The highest BCUT2D eigenvalue weighted by Crippen LogP contribution is 2.26. The van der Waals surface area contributed by atoms with E-state index in [1.165, 1.54) is 4.88 Å². The third-order valence-electron chi connectivity index (χ3n) is 3.45. The van der Waals surface area contributed by atoms with Crippen LogP contribution in [0.2, 0.25) is 0 Å². The Morgan fingerprint density at radius 1 is 1.38 bits per heavy atom. The van der Waals surface area contributed by atoms with Crippen LogP contribution in [0.5, 0.6) is 0 Å². The lowest BCUT2D eigenvalue weighted by molar-refractivity contribution is -0.123. The van der Waals surface area contributed by atoms with E-state index in [1.54, 1.807) is 17.6 Å². The first-order valence-electron chi connectivity index (χ1n) is 7.06. The van der Waals surface area contributed by atoms with Crippen LogP contribution in [-0.2, 0) is 16.8 Å². The highest BCUT2D eigenvalue weighted by molar-refractivity contribution is 7.10. The third kappa shape index (κ3) is 4.44. The highest BCUT2D eigenvalue weighted by Gasteiger charge is 2.23. The van der Waals surface area contributed by atoms with Crippen molar-refractivity contribution in [1.82, 2.24) is 10.6 Å². The van der Waals surface area contributed by atoms with Gasteiger partial charge < -0.3 is 15.1 Å². The molecule has 0 saturated heterocycles. The molecule has 0 saturated carbocycles. The Morgan fingerprint density at radius 2 is 2.19 bits per heavy atom. The molecule has 1 unspecified atom stereocenters. The first-order chi connectivity index (χ1) is 9.99. The lowest BCUT2D eigenvalue weighted by Crippen LogP contribution is -2.46. The zero-order valence-electron chi connectivity index (χ0n) is 12.7. The van der Waals surface area contributed by atoms with Crippen LogP contribution in [0.15, 0.2) is 40.3 Å². The summed E-state index contributed by atoms with van der Waals surface area (Å²) in [4.78, 5) is 13.3. The number of hydrogen-bond acceptors (Lipinski definition) is 4. The van der Waals surface area contributed by atoms with Crippen molar-refractivity contribution in [3.63, 3.8) is 0 Å². The second-order valence-electron chi connectivity index (χ2n) is 5.76. The van der Waals surface area contributed by atoms with Gasteiger partial charge in [-0.05, 0) is 30.5 Å². The predicted octanol–water partition coefficient (Wildman–Crippen LogP) is 2.91. The lowest BCUT2D eigenvalue weighted by Gasteiger charge is -2.25. The van der Waals surface area contributed by atoms with Crippen molar-refractivity contribution in [2.45, 2.75) is 38.8 Å². The van der Waals surface area contributed by atoms with Gasteiger partial charge in [0.15, 0.2) is 0 Å². The van der Waals surface area contributed by atoms with Crippen LogP contribution in [0.25, 0.3) is 0 Å². The van der Waals surface area contributed by atoms with Crippen molar-refractivity contribution >= 4 is 17.2 Å². The zero-order chi connectivity index (χ0) is 15.3. The van der Waals surface area contributed by atoms with E-state index in [1.807, 2.05) is 19.1 Å². The van der Waals surface area contributed by atoms with Gasteiger partial charge >= 0.3 is 0 Å². The normalized spacial score (nSPS) is 13.1. The Labute approximate surface area is 129 Å². The SMILES string of the molecule is CC(NCC(C)(C)c1cccs1)C(=O)NCc1ccco1. The second kappa shape index (κ2) is 6.91. The summed E-state index contributed by atoms with van der Waals surface area (Å²) in [7, 11) is 0. The van der Waals surface area contributed by atoms with E-state index in [9.17, 15) is 4.79 Å². The molecule has 114 valence electrons. The molecule has 0 aliphatic heterocycles. The van der Waals surface area contributed by atoms with Crippen molar-refractivity contribution in [3.8, 4) is 0 Å². The van der Waals surface area contributed by atoms with Gasteiger partial charge in [-0.15, -0.1) is 11.3 Å². The van der Waals surface area contributed by atoms with Gasteiger partial charge in [0.25, 0.3) is 0 Å². The van der Waals surface area contributed by atoms with Crippen molar-refractivity contribution < 1.29 is 9.21 Å². The molecule has 2 rings (SSSR count). The molecule has 0 bridgehead atoms. The smallest absolute Gasteiger partial charge is 0.237 e. The first kappa shape index (κ1) is 15.8. The summed E-state index contributed by atoms with van der Waals surface area (Å²) in [6.07, 6.45) is 1.60. The van der Waals surface area contributed by atoms with Gasteiger partial charge in [-0.1, -0.05) is 19.9 Å². The monoisotopic (exact) mass is 306 g/mol. The fourth-order valence-electron chi connectivity index (χ4n) is 1.99. The van der Waals surface area contributed by atoms with Gasteiger partial charge in [-0.3, -0.25) is 4.79 Å². The summed E-state index contributed by atoms with van der Waals surface area (Å²) < 4.78 is 5.19. The summed E-state index contributed by atoms with van der Waals surface area (Å²) >= 11 is 1.75. The topological polar surface area (TPSA) is 54.3 Å². The van der Waals surface area contributed by atoms with E-state index in [2.05, 4.69) is 42.0 Å². The fraction of sp³-hybridized carbons (Fsp3) is 0.438. The Bertz CT molecular complexity index is 547. The van der Waals surface area contributed by atoms with Gasteiger partial charge in [-0.25, -0.2) is 0 Å². The van der Waals surface area contributed by atoms with Crippen molar-refractivity contribution in [2.24, 2.45) is 0 Å². The lowest BCUT2D eigenvalue weighted by atomic mass is 9.91. The molecule has 0 aliphatic carbocycles. The molecule has 21 heavy (non-hydrogen) atoms. The predicted molar refractivity (Wildman–Crippen MR) is 85.4 cm³/mol. The molecule has 4 nitrogen and oxygen atoms in total. The number of nitrogens with one attached hydrogen (secondary N) is 2. The molecular weight excluding hydrogens is 284 g/mol. The summed E-state index contributed by atoms with van der Waals surface area (Å²) in [6.45, 7) is 7.41. The van der Waals surface area contributed by atoms with Gasteiger partial charge in [0.05, 0.1) is 18.8 Å². The molecule has 2 aromatic heterocycles. The van der Waals surface area contributed by atoms with E-state index in [4.69, 9.17) is 4.42 Å². The molecule has 1 amide bonds. The molecule has 0 radical (unpaired) electrons. The van der Waals surface area contributed by atoms with Crippen LogP contribution >= 0.6 is 11.3 Å². The van der Waals surface area contributed by atoms with E-state index < -0.39 is 0 Å². The van der Waals surface area contributed by atoms with E-state index >= 15 is 0 Å². The molecular formula is C16H22N2O2S. The molecule has 0 fully saturated rings. The molecule has 0 aliphatic rings. The molecule has 0 aromatic carbocycles. The van der Waals surface area contributed by atoms with Crippen LogP contribution in [0.4, 0.5) is 0 Å². The maximum atomic E-state index is 12.0. The number of hydrogen-bond donors (Lipinski definition) is 2. The Balaban J connectivity index is 1.78. The van der Waals surface area contributed by atoms with Crippen LogP contribution in [0.3, 0.4) is 0 Å². The van der Waals surface area contributed by atoms with Gasteiger partial charge in [-0.2, -0.15) is 0 Å². The maximum absolute atomic E-state index is 12.0. The van der Waals surface area contributed by atoms with Crippen LogP contribution in [0.1, 0.15) is 31.4 Å². The fourth-order valence-corrected chi connectivity index (χ4v) is 2.84. The Morgan fingerprint density at radius 3 is 2.81 bits per heavy atom.